The third-order valence-electron chi connectivity index (χ3n) is 6.51. The fourth-order valence-electron chi connectivity index (χ4n) is 4.69. The van der Waals surface area contributed by atoms with Gasteiger partial charge in [-0.25, -0.2) is 0 Å². The number of hydrogen-bond acceptors (Lipinski definition) is 4. The SMILES string of the molecule is C[C@H]1CCCCN1C(=O)CN1CCN(C(=O)C[C@@H]2CCCC[C@H]2O)CC1. The van der Waals surface area contributed by atoms with E-state index in [1.807, 2.05) is 9.80 Å². The molecule has 0 aromatic heterocycles. The first-order valence-corrected chi connectivity index (χ1v) is 10.5. The monoisotopic (exact) mass is 365 g/mol. The van der Waals surface area contributed by atoms with Crippen LogP contribution in [0.15, 0.2) is 0 Å². The van der Waals surface area contributed by atoms with Crippen molar-refractivity contribution in [3.63, 3.8) is 0 Å². The molecule has 6 heteroatoms. The van der Waals surface area contributed by atoms with Crippen LogP contribution in [0.1, 0.15) is 58.3 Å². The van der Waals surface area contributed by atoms with Crippen molar-refractivity contribution in [3.8, 4) is 0 Å². The van der Waals surface area contributed by atoms with Crippen LogP contribution in [0.2, 0.25) is 0 Å². The normalized spacial score (nSPS) is 31.1. The topological polar surface area (TPSA) is 64.1 Å². The Morgan fingerprint density at radius 1 is 0.885 bits per heavy atom. The number of carbonyl (C=O) groups excluding carboxylic acids is 2. The van der Waals surface area contributed by atoms with E-state index in [0.717, 1.165) is 58.2 Å². The van der Waals surface area contributed by atoms with Crippen LogP contribution in [0.4, 0.5) is 0 Å². The fourth-order valence-corrected chi connectivity index (χ4v) is 4.69. The summed E-state index contributed by atoms with van der Waals surface area (Å²) in [7, 11) is 0. The lowest BCUT2D eigenvalue weighted by atomic mass is 9.84. The largest absolute Gasteiger partial charge is 0.393 e. The summed E-state index contributed by atoms with van der Waals surface area (Å²) in [6, 6.07) is 0.362. The molecule has 2 aliphatic heterocycles. The van der Waals surface area contributed by atoms with Crippen molar-refractivity contribution in [1.29, 1.82) is 0 Å². The van der Waals surface area contributed by atoms with Crippen LogP contribution in [0, 0.1) is 5.92 Å². The fraction of sp³-hybridized carbons (Fsp3) is 0.900. The molecule has 6 nitrogen and oxygen atoms in total. The summed E-state index contributed by atoms with van der Waals surface area (Å²) in [5.41, 5.74) is 0. The Hall–Kier alpha value is -1.14. The first kappa shape index (κ1) is 19.6. The number of aliphatic hydroxyl groups is 1. The van der Waals surface area contributed by atoms with Crippen LogP contribution in [0.3, 0.4) is 0 Å². The predicted octanol–water partition coefficient (Wildman–Crippen LogP) is 1.47. The average molecular weight is 366 g/mol. The smallest absolute Gasteiger partial charge is 0.236 e. The molecule has 148 valence electrons. The molecule has 0 bridgehead atoms. The van der Waals surface area contributed by atoms with Crippen molar-refractivity contribution in [2.24, 2.45) is 5.92 Å². The number of piperidine rings is 1. The van der Waals surface area contributed by atoms with Crippen LogP contribution in [0.25, 0.3) is 0 Å². The minimum absolute atomic E-state index is 0.136. The van der Waals surface area contributed by atoms with Crippen molar-refractivity contribution in [2.45, 2.75) is 70.4 Å². The first-order valence-electron chi connectivity index (χ1n) is 10.5. The second-order valence-electron chi connectivity index (χ2n) is 8.40. The summed E-state index contributed by atoms with van der Waals surface area (Å²) in [5.74, 6) is 0.547. The first-order chi connectivity index (χ1) is 12.5. The molecule has 3 atom stereocenters. The molecule has 1 saturated carbocycles. The summed E-state index contributed by atoms with van der Waals surface area (Å²) in [6.07, 6.45) is 7.63. The highest BCUT2D eigenvalue weighted by Crippen LogP contribution is 2.27. The molecule has 2 heterocycles. The van der Waals surface area contributed by atoms with E-state index in [1.54, 1.807) is 0 Å². The average Bonchev–Trinajstić information content (AvgIpc) is 2.64. The van der Waals surface area contributed by atoms with Crippen LogP contribution in [0.5, 0.6) is 0 Å². The van der Waals surface area contributed by atoms with Gasteiger partial charge in [-0.2, -0.15) is 0 Å². The van der Waals surface area contributed by atoms with Crippen molar-refractivity contribution in [1.82, 2.24) is 14.7 Å². The molecule has 3 aliphatic rings. The molecule has 26 heavy (non-hydrogen) atoms. The van der Waals surface area contributed by atoms with Crippen molar-refractivity contribution in [2.75, 3.05) is 39.3 Å². The second-order valence-corrected chi connectivity index (χ2v) is 8.40. The summed E-state index contributed by atoms with van der Waals surface area (Å²) in [6.45, 7) is 6.46. The third-order valence-corrected chi connectivity index (χ3v) is 6.51. The van der Waals surface area contributed by atoms with E-state index < -0.39 is 0 Å². The van der Waals surface area contributed by atoms with Gasteiger partial charge in [-0.1, -0.05) is 12.8 Å². The van der Waals surface area contributed by atoms with Gasteiger partial charge < -0.3 is 14.9 Å². The second kappa shape index (κ2) is 9.18. The van der Waals surface area contributed by atoms with Crippen LogP contribution < -0.4 is 0 Å². The van der Waals surface area contributed by atoms with E-state index in [2.05, 4.69) is 11.8 Å². The molecule has 0 aromatic rings. The number of aliphatic hydroxyl groups excluding tert-OH is 1. The number of carbonyl (C=O) groups is 2. The van der Waals surface area contributed by atoms with Crippen molar-refractivity contribution >= 4 is 11.8 Å². The number of piperazine rings is 1. The van der Waals surface area contributed by atoms with Gasteiger partial charge in [0.25, 0.3) is 0 Å². The predicted molar refractivity (Wildman–Crippen MR) is 101 cm³/mol. The highest BCUT2D eigenvalue weighted by Gasteiger charge is 2.30. The summed E-state index contributed by atoms with van der Waals surface area (Å²) in [4.78, 5) is 31.3. The lowest BCUT2D eigenvalue weighted by Gasteiger charge is -2.38. The Bertz CT molecular complexity index is 491. The maximum atomic E-state index is 12.6. The highest BCUT2D eigenvalue weighted by molar-refractivity contribution is 5.79. The van der Waals surface area contributed by atoms with Gasteiger partial charge in [0.2, 0.25) is 11.8 Å². The van der Waals surface area contributed by atoms with E-state index in [4.69, 9.17) is 0 Å². The molecule has 2 saturated heterocycles. The molecule has 0 radical (unpaired) electrons. The Labute approximate surface area is 157 Å². The van der Waals surface area contributed by atoms with Crippen LogP contribution in [-0.4, -0.2) is 83.0 Å². The summed E-state index contributed by atoms with van der Waals surface area (Å²) < 4.78 is 0. The van der Waals surface area contributed by atoms with Gasteiger partial charge in [0.15, 0.2) is 0 Å². The molecule has 3 fully saturated rings. The van der Waals surface area contributed by atoms with Crippen LogP contribution >= 0.6 is 0 Å². The Morgan fingerprint density at radius 2 is 1.58 bits per heavy atom. The van der Waals surface area contributed by atoms with Gasteiger partial charge in [-0.15, -0.1) is 0 Å². The zero-order valence-corrected chi connectivity index (χ0v) is 16.2. The lowest BCUT2D eigenvalue weighted by Crippen LogP contribution is -2.53. The van der Waals surface area contributed by atoms with Gasteiger partial charge in [-0.05, 0) is 44.9 Å². The van der Waals surface area contributed by atoms with Crippen molar-refractivity contribution in [3.05, 3.63) is 0 Å². The zero-order valence-electron chi connectivity index (χ0n) is 16.2. The standard InChI is InChI=1S/C20H35N3O3/c1-16-6-4-5-9-23(16)20(26)15-21-10-12-22(13-11-21)19(25)14-17-7-2-3-8-18(17)24/h16-18,24H,2-15H2,1H3/t16-,17-,18+/m0/s1. The van der Waals surface area contributed by atoms with Crippen LogP contribution in [-0.2, 0) is 9.59 Å². The number of rotatable bonds is 4. The van der Waals surface area contributed by atoms with Gasteiger partial charge in [0, 0.05) is 45.2 Å². The molecule has 0 spiro atoms. The van der Waals surface area contributed by atoms with E-state index in [9.17, 15) is 14.7 Å². The third kappa shape index (κ3) is 4.97. The number of amides is 2. The number of likely N-dealkylation sites (tertiary alicyclic amines) is 1. The molecule has 1 N–H and O–H groups in total. The Kier molecular flexibility index (Phi) is 6.92. The number of hydrogen-bond donors (Lipinski definition) is 1. The van der Waals surface area contributed by atoms with E-state index >= 15 is 0 Å². The summed E-state index contributed by atoms with van der Waals surface area (Å²) in [5, 5.41) is 10.1. The minimum atomic E-state index is -0.307. The highest BCUT2D eigenvalue weighted by atomic mass is 16.3. The van der Waals surface area contributed by atoms with Crippen molar-refractivity contribution < 1.29 is 14.7 Å². The molecule has 1 aliphatic carbocycles. The molecular weight excluding hydrogens is 330 g/mol. The number of nitrogens with zero attached hydrogens (tertiary/aromatic N) is 3. The maximum Gasteiger partial charge on any atom is 0.236 e. The maximum absolute atomic E-state index is 12.6. The van der Waals surface area contributed by atoms with Gasteiger partial charge >= 0.3 is 0 Å². The van der Waals surface area contributed by atoms with E-state index in [0.29, 0.717) is 32.1 Å². The van der Waals surface area contributed by atoms with Gasteiger partial charge in [0.05, 0.1) is 12.6 Å². The van der Waals surface area contributed by atoms with Gasteiger partial charge in [0.1, 0.15) is 0 Å². The Morgan fingerprint density at radius 3 is 2.27 bits per heavy atom. The lowest BCUT2D eigenvalue weighted by molar-refractivity contribution is -0.138. The Balaban J connectivity index is 1.40. The van der Waals surface area contributed by atoms with E-state index in [1.165, 1.54) is 6.42 Å². The molecular formula is C20H35N3O3. The molecule has 0 unspecified atom stereocenters. The van der Waals surface area contributed by atoms with Gasteiger partial charge in [-0.3, -0.25) is 14.5 Å². The molecule has 2 amide bonds. The minimum Gasteiger partial charge on any atom is -0.393 e. The zero-order chi connectivity index (χ0) is 18.5. The quantitative estimate of drug-likeness (QED) is 0.819. The van der Waals surface area contributed by atoms with E-state index in [-0.39, 0.29) is 23.8 Å². The summed E-state index contributed by atoms with van der Waals surface area (Å²) >= 11 is 0. The molecule has 0 aromatic carbocycles. The molecule has 3 rings (SSSR count).